The average Bonchev–Trinajstić information content (AvgIpc) is 3.09. The van der Waals surface area contributed by atoms with E-state index in [9.17, 15) is 13.2 Å². The van der Waals surface area contributed by atoms with E-state index in [1.807, 2.05) is 4.90 Å². The number of rotatable bonds is 7. The number of hydrogen-bond donors (Lipinski definition) is 1. The highest BCUT2D eigenvalue weighted by atomic mass is 32.2. The van der Waals surface area contributed by atoms with E-state index in [1.165, 1.54) is 37.6 Å². The number of anilines is 1. The SMILES string of the molecule is CC1CN(c2nccc(S(=O)(=O)c3cccc(OCC4CCCCC4)n3)c2C(N)=O)C(C)(C)C1. The Morgan fingerprint density at radius 2 is 1.94 bits per heavy atom. The van der Waals surface area contributed by atoms with Gasteiger partial charge in [-0.1, -0.05) is 32.3 Å². The second-order valence-corrected chi connectivity index (χ2v) is 12.1. The van der Waals surface area contributed by atoms with Crippen molar-refractivity contribution in [1.29, 1.82) is 0 Å². The van der Waals surface area contributed by atoms with E-state index in [0.717, 1.165) is 19.3 Å². The summed E-state index contributed by atoms with van der Waals surface area (Å²) in [6, 6.07) is 5.99. The maximum atomic E-state index is 13.6. The van der Waals surface area contributed by atoms with Crippen molar-refractivity contribution in [3.8, 4) is 5.88 Å². The number of nitrogens with zero attached hydrogens (tertiary/aromatic N) is 3. The van der Waals surface area contributed by atoms with Gasteiger partial charge in [0.15, 0.2) is 5.03 Å². The fourth-order valence-corrected chi connectivity index (χ4v) is 6.74. The Morgan fingerprint density at radius 1 is 1.21 bits per heavy atom. The van der Waals surface area contributed by atoms with Crippen molar-refractivity contribution in [3.05, 3.63) is 36.0 Å². The van der Waals surface area contributed by atoms with Gasteiger partial charge in [-0.15, -0.1) is 0 Å². The predicted octanol–water partition coefficient (Wildman–Crippen LogP) is 3.99. The third-order valence-corrected chi connectivity index (χ3v) is 8.62. The molecule has 1 saturated carbocycles. The van der Waals surface area contributed by atoms with Gasteiger partial charge in [-0.25, -0.2) is 18.4 Å². The van der Waals surface area contributed by atoms with Gasteiger partial charge in [0.1, 0.15) is 11.4 Å². The van der Waals surface area contributed by atoms with Gasteiger partial charge in [0, 0.05) is 24.3 Å². The highest BCUT2D eigenvalue weighted by molar-refractivity contribution is 7.91. The molecule has 9 heteroatoms. The predicted molar refractivity (Wildman–Crippen MR) is 130 cm³/mol. The normalized spacial score (nSPS) is 20.9. The van der Waals surface area contributed by atoms with Gasteiger partial charge in [0.2, 0.25) is 15.7 Å². The monoisotopic (exact) mass is 486 g/mol. The van der Waals surface area contributed by atoms with Gasteiger partial charge in [-0.05, 0) is 57.1 Å². The van der Waals surface area contributed by atoms with Crippen LogP contribution < -0.4 is 15.4 Å². The molecular formula is C25H34N4O4S. The minimum atomic E-state index is -4.14. The molecule has 1 saturated heterocycles. The highest BCUT2D eigenvalue weighted by Crippen LogP contribution is 2.39. The Bertz CT molecular complexity index is 1160. The van der Waals surface area contributed by atoms with Crippen molar-refractivity contribution < 1.29 is 17.9 Å². The van der Waals surface area contributed by atoms with Crippen LogP contribution in [0.25, 0.3) is 0 Å². The molecule has 1 unspecified atom stereocenters. The first-order chi connectivity index (χ1) is 16.1. The Hall–Kier alpha value is -2.68. The number of hydrogen-bond acceptors (Lipinski definition) is 7. The molecule has 2 aromatic rings. The minimum absolute atomic E-state index is 0.0972. The lowest BCUT2D eigenvalue weighted by Gasteiger charge is -2.33. The van der Waals surface area contributed by atoms with Gasteiger partial charge in [-0.2, -0.15) is 0 Å². The summed E-state index contributed by atoms with van der Waals surface area (Å²) in [5, 5.41) is -0.178. The van der Waals surface area contributed by atoms with Crippen LogP contribution in [0.1, 0.15) is 69.7 Å². The molecule has 4 rings (SSSR count). The van der Waals surface area contributed by atoms with Crippen LogP contribution in [0.3, 0.4) is 0 Å². The number of primary amides is 1. The van der Waals surface area contributed by atoms with Crippen LogP contribution in [0.4, 0.5) is 5.82 Å². The fourth-order valence-electron chi connectivity index (χ4n) is 5.35. The van der Waals surface area contributed by atoms with Gasteiger partial charge in [-0.3, -0.25) is 4.79 Å². The summed E-state index contributed by atoms with van der Waals surface area (Å²) in [6.07, 6.45) is 8.19. The van der Waals surface area contributed by atoms with Crippen LogP contribution in [-0.4, -0.2) is 43.0 Å². The van der Waals surface area contributed by atoms with Crippen molar-refractivity contribution >= 4 is 21.6 Å². The maximum absolute atomic E-state index is 13.6. The molecule has 2 aromatic heterocycles. The first kappa shape index (κ1) is 24.4. The lowest BCUT2D eigenvalue weighted by Crippen LogP contribution is -2.40. The van der Waals surface area contributed by atoms with E-state index in [2.05, 4.69) is 30.7 Å². The van der Waals surface area contributed by atoms with Crippen molar-refractivity contribution in [2.24, 2.45) is 17.6 Å². The van der Waals surface area contributed by atoms with Crippen molar-refractivity contribution in [2.45, 2.75) is 74.8 Å². The molecule has 0 radical (unpaired) electrons. The van der Waals surface area contributed by atoms with E-state index in [-0.39, 0.29) is 26.9 Å². The fraction of sp³-hybridized carbons (Fsp3) is 0.560. The van der Waals surface area contributed by atoms with Gasteiger partial charge < -0.3 is 15.4 Å². The van der Waals surface area contributed by atoms with Crippen LogP contribution in [-0.2, 0) is 9.84 Å². The first-order valence-corrected chi connectivity index (χ1v) is 13.5. The summed E-state index contributed by atoms with van der Waals surface area (Å²) in [4.78, 5) is 23.0. The Balaban J connectivity index is 1.68. The van der Waals surface area contributed by atoms with Crippen molar-refractivity contribution in [2.75, 3.05) is 18.1 Å². The number of pyridine rings is 2. The third kappa shape index (κ3) is 4.89. The molecule has 1 atom stereocenters. The van der Waals surface area contributed by atoms with Crippen LogP contribution in [0.15, 0.2) is 40.4 Å². The molecule has 2 fully saturated rings. The van der Waals surface area contributed by atoms with Crippen LogP contribution in [0.5, 0.6) is 5.88 Å². The number of aromatic nitrogens is 2. The molecule has 2 N–H and O–H groups in total. The number of carbonyl (C=O) groups is 1. The lowest BCUT2D eigenvalue weighted by molar-refractivity contribution is 0.0997. The number of carbonyl (C=O) groups excluding carboxylic acids is 1. The molecule has 8 nitrogen and oxygen atoms in total. The Morgan fingerprint density at radius 3 is 2.59 bits per heavy atom. The third-order valence-electron chi connectivity index (χ3n) is 6.92. The largest absolute Gasteiger partial charge is 0.477 e. The summed E-state index contributed by atoms with van der Waals surface area (Å²) in [5.41, 5.74) is 5.34. The maximum Gasteiger partial charge on any atom is 0.253 e. The van der Waals surface area contributed by atoms with Crippen LogP contribution in [0.2, 0.25) is 0 Å². The number of amides is 1. The summed E-state index contributed by atoms with van der Waals surface area (Å²) < 4.78 is 33.1. The second kappa shape index (κ2) is 9.52. The standard InChI is InChI=1S/C25H34N4O4S/c1-17-14-25(2,3)29(15-17)24-22(23(26)30)19(12-13-27-24)34(31,32)21-11-7-10-20(28-21)33-16-18-8-5-4-6-9-18/h7,10-13,17-18H,4-6,8-9,14-16H2,1-3H3,(H2,26,30). The second-order valence-electron chi connectivity index (χ2n) is 10.2. The van der Waals surface area contributed by atoms with Gasteiger partial charge in [0.25, 0.3) is 5.91 Å². The Kier molecular flexibility index (Phi) is 6.85. The molecule has 184 valence electrons. The van der Waals surface area contributed by atoms with Gasteiger partial charge in [0.05, 0.1) is 11.5 Å². The minimum Gasteiger partial charge on any atom is -0.477 e. The molecule has 0 spiro atoms. The molecule has 3 heterocycles. The Labute approximate surface area is 201 Å². The zero-order chi connectivity index (χ0) is 24.5. The molecule has 34 heavy (non-hydrogen) atoms. The van der Waals surface area contributed by atoms with E-state index < -0.39 is 15.7 Å². The lowest BCUT2D eigenvalue weighted by atomic mass is 9.90. The average molecular weight is 487 g/mol. The molecule has 1 amide bonds. The van der Waals surface area contributed by atoms with Crippen LogP contribution in [0, 0.1) is 11.8 Å². The summed E-state index contributed by atoms with van der Waals surface area (Å²) in [5.74, 6) is 0.564. The first-order valence-electron chi connectivity index (χ1n) is 12.0. The molecule has 1 aliphatic carbocycles. The van der Waals surface area contributed by atoms with E-state index >= 15 is 0 Å². The summed E-state index contributed by atoms with van der Waals surface area (Å²) in [6.45, 7) is 7.41. The summed E-state index contributed by atoms with van der Waals surface area (Å²) in [7, 11) is -4.14. The summed E-state index contributed by atoms with van der Waals surface area (Å²) >= 11 is 0. The zero-order valence-electron chi connectivity index (χ0n) is 20.2. The van der Waals surface area contributed by atoms with Crippen molar-refractivity contribution in [1.82, 2.24) is 9.97 Å². The highest BCUT2D eigenvalue weighted by Gasteiger charge is 2.40. The van der Waals surface area contributed by atoms with Crippen molar-refractivity contribution in [3.63, 3.8) is 0 Å². The topological polar surface area (TPSA) is 115 Å². The van der Waals surface area contributed by atoms with Gasteiger partial charge >= 0.3 is 0 Å². The smallest absolute Gasteiger partial charge is 0.253 e. The van der Waals surface area contributed by atoms with E-state index in [4.69, 9.17) is 10.5 Å². The molecular weight excluding hydrogens is 452 g/mol. The molecule has 0 bridgehead atoms. The molecule has 0 aromatic carbocycles. The number of ether oxygens (including phenoxy) is 1. The molecule has 1 aliphatic heterocycles. The quantitative estimate of drug-likeness (QED) is 0.629. The number of sulfone groups is 1. The van der Waals surface area contributed by atoms with E-state index in [0.29, 0.717) is 30.8 Å². The zero-order valence-corrected chi connectivity index (χ0v) is 21.0. The van der Waals surface area contributed by atoms with E-state index in [1.54, 1.807) is 12.1 Å². The van der Waals surface area contributed by atoms with Crippen LogP contribution >= 0.6 is 0 Å². The molecule has 2 aliphatic rings. The number of nitrogens with two attached hydrogens (primary N) is 1.